The molecule has 0 aromatic heterocycles. The van der Waals surface area contributed by atoms with Crippen molar-refractivity contribution >= 4 is 16.0 Å². The minimum Gasteiger partial charge on any atom is -0.460 e. The van der Waals surface area contributed by atoms with Crippen molar-refractivity contribution in [1.82, 2.24) is 4.72 Å². The number of hydrogen-bond acceptors (Lipinski definition) is 4. The van der Waals surface area contributed by atoms with Crippen molar-refractivity contribution in [3.05, 3.63) is 35.9 Å². The molecule has 0 aliphatic carbocycles. The number of rotatable bonds is 7. The number of carbonyl (C=O) groups excluding carboxylic acids is 1. The van der Waals surface area contributed by atoms with E-state index in [1.807, 2.05) is 44.2 Å². The third kappa shape index (κ3) is 6.68. The number of ether oxygens (including phenoxy) is 1. The molecule has 1 atom stereocenters. The lowest BCUT2D eigenvalue weighted by molar-refractivity contribution is -0.147. The number of benzene rings is 1. The molecule has 1 N–H and O–H groups in total. The Bertz CT molecular complexity index is 525. The van der Waals surface area contributed by atoms with Crippen molar-refractivity contribution in [2.24, 2.45) is 5.92 Å². The molecule has 1 aromatic rings. The highest BCUT2D eigenvalue weighted by Crippen LogP contribution is 2.09. The minimum absolute atomic E-state index is 0.139. The highest BCUT2D eigenvalue weighted by Gasteiger charge is 2.24. The lowest BCUT2D eigenvalue weighted by Gasteiger charge is -2.18. The van der Waals surface area contributed by atoms with Crippen LogP contribution in [0.5, 0.6) is 0 Å². The molecule has 0 aliphatic heterocycles. The van der Waals surface area contributed by atoms with Crippen LogP contribution in [0.3, 0.4) is 0 Å². The Morgan fingerprint density at radius 1 is 1.25 bits per heavy atom. The Morgan fingerprint density at radius 3 is 2.35 bits per heavy atom. The van der Waals surface area contributed by atoms with E-state index in [1.54, 1.807) is 0 Å². The number of nitrogens with one attached hydrogen (secondary N) is 1. The normalized spacial score (nSPS) is 13.2. The third-order valence-corrected chi connectivity index (χ3v) is 3.28. The maximum Gasteiger partial charge on any atom is 0.324 e. The molecule has 0 radical (unpaired) electrons. The van der Waals surface area contributed by atoms with Gasteiger partial charge in [-0.15, -0.1) is 0 Å². The molecule has 1 rings (SSSR count). The van der Waals surface area contributed by atoms with Gasteiger partial charge in [-0.25, -0.2) is 13.1 Å². The van der Waals surface area contributed by atoms with Gasteiger partial charge in [-0.2, -0.15) is 0 Å². The molecule has 0 saturated heterocycles. The van der Waals surface area contributed by atoms with E-state index in [0.717, 1.165) is 11.8 Å². The lowest BCUT2D eigenvalue weighted by atomic mass is 10.1. The largest absolute Gasteiger partial charge is 0.460 e. The van der Waals surface area contributed by atoms with E-state index in [1.165, 1.54) is 0 Å². The summed E-state index contributed by atoms with van der Waals surface area (Å²) in [5.41, 5.74) is 0.864. The van der Waals surface area contributed by atoms with Gasteiger partial charge in [0.05, 0.1) is 6.26 Å². The molecule has 0 spiro atoms. The zero-order valence-corrected chi connectivity index (χ0v) is 12.8. The molecule has 1 aromatic carbocycles. The first kappa shape index (κ1) is 16.7. The molecule has 1 unspecified atom stereocenters. The summed E-state index contributed by atoms with van der Waals surface area (Å²) in [6, 6.07) is 8.42. The molecule has 5 nitrogen and oxygen atoms in total. The summed E-state index contributed by atoms with van der Waals surface area (Å²) in [5.74, 6) is -0.369. The lowest BCUT2D eigenvalue weighted by Crippen LogP contribution is -2.42. The Labute approximate surface area is 120 Å². The summed E-state index contributed by atoms with van der Waals surface area (Å²) in [6.45, 7) is 3.97. The zero-order valence-electron chi connectivity index (χ0n) is 12.0. The summed E-state index contributed by atoms with van der Waals surface area (Å²) in [7, 11) is -3.45. The first-order valence-corrected chi connectivity index (χ1v) is 8.35. The van der Waals surface area contributed by atoms with Crippen molar-refractivity contribution in [2.75, 3.05) is 6.26 Å². The van der Waals surface area contributed by atoms with E-state index in [0.29, 0.717) is 6.42 Å². The Hall–Kier alpha value is -1.40. The summed E-state index contributed by atoms with van der Waals surface area (Å²) in [4.78, 5) is 12.0. The zero-order chi connectivity index (χ0) is 15.2. The van der Waals surface area contributed by atoms with Crippen LogP contribution >= 0.6 is 0 Å². The maximum atomic E-state index is 12.0. The predicted octanol–water partition coefficient (Wildman–Crippen LogP) is 1.69. The predicted molar refractivity (Wildman–Crippen MR) is 77.5 cm³/mol. The molecule has 6 heteroatoms. The standard InChI is InChI=1S/C14H21NO4S/c1-11(2)9-13(15-20(3,17)18)14(16)19-10-12-7-5-4-6-8-12/h4-8,11,13,15H,9-10H2,1-3H3. The summed E-state index contributed by atoms with van der Waals surface area (Å²) < 4.78 is 30.1. The molecule has 0 fully saturated rings. The van der Waals surface area contributed by atoms with E-state index in [9.17, 15) is 13.2 Å². The van der Waals surface area contributed by atoms with Crippen LogP contribution in [0.1, 0.15) is 25.8 Å². The third-order valence-electron chi connectivity index (χ3n) is 2.57. The second kappa shape index (κ2) is 7.40. The van der Waals surface area contributed by atoms with E-state index in [-0.39, 0.29) is 12.5 Å². The monoisotopic (exact) mass is 299 g/mol. The van der Waals surface area contributed by atoms with Gasteiger partial charge in [0.15, 0.2) is 0 Å². The maximum absolute atomic E-state index is 12.0. The van der Waals surface area contributed by atoms with Gasteiger partial charge in [0.1, 0.15) is 12.6 Å². The van der Waals surface area contributed by atoms with Gasteiger partial charge in [0.25, 0.3) is 0 Å². The summed E-state index contributed by atoms with van der Waals surface area (Å²) in [5, 5.41) is 0. The Kier molecular flexibility index (Phi) is 6.16. The van der Waals surface area contributed by atoms with Crippen LogP contribution in [0.4, 0.5) is 0 Å². The van der Waals surface area contributed by atoms with Crippen molar-refractivity contribution in [3.8, 4) is 0 Å². The van der Waals surface area contributed by atoms with Gasteiger partial charge < -0.3 is 4.74 Å². The second-order valence-corrected chi connectivity index (χ2v) is 6.95. The van der Waals surface area contributed by atoms with E-state index < -0.39 is 22.0 Å². The molecule has 0 amide bonds. The van der Waals surface area contributed by atoms with E-state index in [4.69, 9.17) is 4.74 Å². The van der Waals surface area contributed by atoms with E-state index in [2.05, 4.69) is 4.72 Å². The van der Waals surface area contributed by atoms with Crippen molar-refractivity contribution < 1.29 is 17.9 Å². The molecule has 0 saturated carbocycles. The van der Waals surface area contributed by atoms with Gasteiger partial charge in [0.2, 0.25) is 10.0 Å². The van der Waals surface area contributed by atoms with Crippen LogP contribution in [0.2, 0.25) is 0 Å². The topological polar surface area (TPSA) is 72.5 Å². The SMILES string of the molecule is CC(C)CC(NS(C)(=O)=O)C(=O)OCc1ccccc1. The fraction of sp³-hybridized carbons (Fsp3) is 0.500. The van der Waals surface area contributed by atoms with Gasteiger partial charge in [-0.1, -0.05) is 44.2 Å². The number of esters is 1. The van der Waals surface area contributed by atoms with Crippen LogP contribution in [0.25, 0.3) is 0 Å². The Balaban J connectivity index is 2.63. The molecule has 20 heavy (non-hydrogen) atoms. The minimum atomic E-state index is -3.45. The molecule has 112 valence electrons. The van der Waals surface area contributed by atoms with Gasteiger partial charge in [-0.05, 0) is 17.9 Å². The fourth-order valence-electron chi connectivity index (χ4n) is 1.75. The molecule has 0 aliphatic rings. The number of hydrogen-bond donors (Lipinski definition) is 1. The first-order chi connectivity index (χ1) is 9.28. The van der Waals surface area contributed by atoms with Crippen molar-refractivity contribution in [2.45, 2.75) is 32.9 Å². The van der Waals surface area contributed by atoms with Crippen LogP contribution in [-0.4, -0.2) is 26.7 Å². The smallest absolute Gasteiger partial charge is 0.324 e. The molecular weight excluding hydrogens is 278 g/mol. The molecule has 0 bridgehead atoms. The van der Waals surface area contributed by atoms with Crippen LogP contribution < -0.4 is 4.72 Å². The van der Waals surface area contributed by atoms with Crippen LogP contribution in [0, 0.1) is 5.92 Å². The average Bonchev–Trinajstić information content (AvgIpc) is 2.34. The van der Waals surface area contributed by atoms with Gasteiger partial charge >= 0.3 is 5.97 Å². The molecular formula is C14H21NO4S. The van der Waals surface area contributed by atoms with Gasteiger partial charge in [-0.3, -0.25) is 4.79 Å². The summed E-state index contributed by atoms with van der Waals surface area (Å²) >= 11 is 0. The Morgan fingerprint density at radius 2 is 1.85 bits per heavy atom. The first-order valence-electron chi connectivity index (χ1n) is 6.46. The highest BCUT2D eigenvalue weighted by atomic mass is 32.2. The average molecular weight is 299 g/mol. The quantitative estimate of drug-likeness (QED) is 0.778. The van der Waals surface area contributed by atoms with Gasteiger partial charge in [0, 0.05) is 0 Å². The highest BCUT2D eigenvalue weighted by molar-refractivity contribution is 7.88. The van der Waals surface area contributed by atoms with Crippen molar-refractivity contribution in [3.63, 3.8) is 0 Å². The van der Waals surface area contributed by atoms with E-state index >= 15 is 0 Å². The second-order valence-electron chi connectivity index (χ2n) is 5.17. The molecule has 0 heterocycles. The number of carbonyl (C=O) groups is 1. The van der Waals surface area contributed by atoms with Crippen LogP contribution in [-0.2, 0) is 26.2 Å². The van der Waals surface area contributed by atoms with Crippen LogP contribution in [0.15, 0.2) is 30.3 Å². The fourth-order valence-corrected chi connectivity index (χ4v) is 2.46. The summed E-state index contributed by atoms with van der Waals surface area (Å²) in [6.07, 6.45) is 1.44. The van der Waals surface area contributed by atoms with Crippen molar-refractivity contribution in [1.29, 1.82) is 0 Å². The number of sulfonamides is 1.